The fourth-order valence-electron chi connectivity index (χ4n) is 2.40. The lowest BCUT2D eigenvalue weighted by Crippen LogP contribution is -2.49. The first-order valence-corrected chi connectivity index (χ1v) is 7.08. The fourth-order valence-corrected chi connectivity index (χ4v) is 2.64. The molecule has 3 N–H and O–H groups in total. The van der Waals surface area contributed by atoms with Crippen LogP contribution in [0.4, 0.5) is 0 Å². The number of hydrogen-bond donors (Lipinski definition) is 2. The van der Waals surface area contributed by atoms with Crippen LogP contribution < -0.4 is 5.73 Å². The monoisotopic (exact) mass is 296 g/mol. The molecule has 1 saturated heterocycles. The summed E-state index contributed by atoms with van der Waals surface area (Å²) in [6, 6.07) is 6.07. The molecule has 110 valence electrons. The molecule has 1 aliphatic heterocycles. The van der Waals surface area contributed by atoms with Gasteiger partial charge in [-0.1, -0.05) is 28.9 Å². The van der Waals surface area contributed by atoms with Crippen LogP contribution in [-0.2, 0) is 6.54 Å². The van der Waals surface area contributed by atoms with E-state index in [4.69, 9.17) is 22.5 Å². The third kappa shape index (κ3) is 3.42. The Morgan fingerprint density at radius 2 is 2.25 bits per heavy atom. The van der Waals surface area contributed by atoms with Gasteiger partial charge in [-0.2, -0.15) is 0 Å². The van der Waals surface area contributed by atoms with Gasteiger partial charge in [0, 0.05) is 42.8 Å². The van der Waals surface area contributed by atoms with E-state index in [1.165, 1.54) is 0 Å². The summed E-state index contributed by atoms with van der Waals surface area (Å²) in [6.45, 7) is 6.21. The van der Waals surface area contributed by atoms with E-state index >= 15 is 0 Å². The standard InChI is InChI=1S/C14H21ClN4O/c1-10-8-19(6-5-18(10)2)9-12-4-3-11(7-13(12)15)14(16)17-20/h3-4,7,10,20H,5-6,8-9H2,1-2H3,(H2,16,17). The summed E-state index contributed by atoms with van der Waals surface area (Å²) in [6.07, 6.45) is 0. The van der Waals surface area contributed by atoms with E-state index < -0.39 is 0 Å². The van der Waals surface area contributed by atoms with Gasteiger partial charge in [0.2, 0.25) is 0 Å². The van der Waals surface area contributed by atoms with Gasteiger partial charge >= 0.3 is 0 Å². The van der Waals surface area contributed by atoms with Crippen molar-refractivity contribution < 1.29 is 5.21 Å². The Morgan fingerprint density at radius 1 is 1.50 bits per heavy atom. The van der Waals surface area contributed by atoms with Crippen LogP contribution in [0.5, 0.6) is 0 Å². The van der Waals surface area contributed by atoms with E-state index in [0.29, 0.717) is 16.6 Å². The summed E-state index contributed by atoms with van der Waals surface area (Å²) in [5.41, 5.74) is 7.26. The maximum atomic E-state index is 8.67. The van der Waals surface area contributed by atoms with Crippen LogP contribution in [0.15, 0.2) is 23.4 Å². The van der Waals surface area contributed by atoms with Crippen molar-refractivity contribution in [3.8, 4) is 0 Å². The molecular weight excluding hydrogens is 276 g/mol. The number of benzene rings is 1. The summed E-state index contributed by atoms with van der Waals surface area (Å²) < 4.78 is 0. The fraction of sp³-hybridized carbons (Fsp3) is 0.500. The number of nitrogens with zero attached hydrogens (tertiary/aromatic N) is 3. The van der Waals surface area contributed by atoms with E-state index in [9.17, 15) is 0 Å². The third-order valence-corrected chi connectivity index (χ3v) is 4.25. The number of nitrogens with two attached hydrogens (primary N) is 1. The highest BCUT2D eigenvalue weighted by Gasteiger charge is 2.21. The van der Waals surface area contributed by atoms with Crippen molar-refractivity contribution in [2.45, 2.75) is 19.5 Å². The van der Waals surface area contributed by atoms with Crippen molar-refractivity contribution in [2.24, 2.45) is 10.9 Å². The van der Waals surface area contributed by atoms with Crippen LogP contribution in [0.2, 0.25) is 5.02 Å². The number of piperazine rings is 1. The second kappa shape index (κ2) is 6.43. The summed E-state index contributed by atoms with van der Waals surface area (Å²) in [5.74, 6) is 0.0756. The number of rotatable bonds is 3. The van der Waals surface area contributed by atoms with Crippen LogP contribution in [0.1, 0.15) is 18.1 Å². The Morgan fingerprint density at radius 3 is 2.85 bits per heavy atom. The quantitative estimate of drug-likeness (QED) is 0.385. The van der Waals surface area contributed by atoms with Gasteiger partial charge < -0.3 is 15.8 Å². The summed E-state index contributed by atoms with van der Waals surface area (Å²) in [4.78, 5) is 4.76. The molecule has 1 aliphatic rings. The molecule has 1 atom stereocenters. The van der Waals surface area contributed by atoms with E-state index in [1.54, 1.807) is 6.07 Å². The van der Waals surface area contributed by atoms with Gasteiger partial charge in [-0.25, -0.2) is 0 Å². The van der Waals surface area contributed by atoms with Gasteiger partial charge in [0.1, 0.15) is 0 Å². The van der Waals surface area contributed by atoms with Crippen molar-refractivity contribution in [1.29, 1.82) is 0 Å². The predicted molar refractivity (Wildman–Crippen MR) is 81.3 cm³/mol. The lowest BCUT2D eigenvalue weighted by Gasteiger charge is -2.37. The van der Waals surface area contributed by atoms with Crippen LogP contribution in [0.25, 0.3) is 0 Å². The van der Waals surface area contributed by atoms with Gasteiger partial charge in [-0.3, -0.25) is 4.90 Å². The van der Waals surface area contributed by atoms with Crippen molar-refractivity contribution in [3.05, 3.63) is 34.3 Å². The topological polar surface area (TPSA) is 65.1 Å². The number of oxime groups is 1. The highest BCUT2D eigenvalue weighted by molar-refractivity contribution is 6.31. The number of hydrogen-bond acceptors (Lipinski definition) is 4. The molecule has 0 saturated carbocycles. The maximum absolute atomic E-state index is 8.67. The second-order valence-corrected chi connectivity index (χ2v) is 5.76. The zero-order valence-corrected chi connectivity index (χ0v) is 12.6. The summed E-state index contributed by atoms with van der Waals surface area (Å²) in [5, 5.41) is 12.3. The molecule has 0 radical (unpaired) electrons. The smallest absolute Gasteiger partial charge is 0.170 e. The van der Waals surface area contributed by atoms with Gasteiger partial charge in [-0.05, 0) is 25.6 Å². The zero-order chi connectivity index (χ0) is 14.7. The van der Waals surface area contributed by atoms with Crippen molar-refractivity contribution >= 4 is 17.4 Å². The van der Waals surface area contributed by atoms with Crippen LogP contribution in [0.3, 0.4) is 0 Å². The summed E-state index contributed by atoms with van der Waals surface area (Å²) in [7, 11) is 2.15. The molecule has 0 amide bonds. The SMILES string of the molecule is CC1CN(Cc2ccc(/C(N)=N/O)cc2Cl)CCN1C. The molecule has 0 spiro atoms. The molecule has 5 nitrogen and oxygen atoms in total. The van der Waals surface area contributed by atoms with E-state index in [1.807, 2.05) is 12.1 Å². The van der Waals surface area contributed by atoms with Gasteiger partial charge in [-0.15, -0.1) is 0 Å². The highest BCUT2D eigenvalue weighted by atomic mass is 35.5. The van der Waals surface area contributed by atoms with Crippen molar-refractivity contribution in [2.75, 3.05) is 26.7 Å². The third-order valence-electron chi connectivity index (χ3n) is 3.89. The first-order chi connectivity index (χ1) is 9.51. The van der Waals surface area contributed by atoms with E-state index in [2.05, 4.69) is 28.9 Å². The lowest BCUT2D eigenvalue weighted by atomic mass is 10.1. The molecule has 1 unspecified atom stereocenters. The van der Waals surface area contributed by atoms with Gasteiger partial charge in [0.25, 0.3) is 0 Å². The molecule has 0 aliphatic carbocycles. The van der Waals surface area contributed by atoms with Gasteiger partial charge in [0.15, 0.2) is 5.84 Å². The number of amidine groups is 1. The average Bonchev–Trinajstić information content (AvgIpc) is 2.44. The normalized spacial score (nSPS) is 22.1. The first kappa shape index (κ1) is 15.1. The van der Waals surface area contributed by atoms with Crippen molar-refractivity contribution in [1.82, 2.24) is 9.80 Å². The minimum Gasteiger partial charge on any atom is -0.409 e. The van der Waals surface area contributed by atoms with Crippen molar-refractivity contribution in [3.63, 3.8) is 0 Å². The molecule has 0 aromatic heterocycles. The van der Waals surface area contributed by atoms with Crippen LogP contribution in [0, 0.1) is 0 Å². The Bertz CT molecular complexity index is 506. The second-order valence-electron chi connectivity index (χ2n) is 5.36. The Kier molecular flexibility index (Phi) is 4.86. The summed E-state index contributed by atoms with van der Waals surface area (Å²) >= 11 is 6.29. The Labute approximate surface area is 124 Å². The van der Waals surface area contributed by atoms with Crippen LogP contribution in [-0.4, -0.2) is 53.6 Å². The van der Waals surface area contributed by atoms with Gasteiger partial charge in [0.05, 0.1) is 0 Å². The average molecular weight is 297 g/mol. The molecule has 0 bridgehead atoms. The largest absolute Gasteiger partial charge is 0.409 e. The molecule has 1 fully saturated rings. The number of likely N-dealkylation sites (N-methyl/N-ethyl adjacent to an activating group) is 1. The zero-order valence-electron chi connectivity index (χ0n) is 11.9. The van der Waals surface area contributed by atoms with E-state index in [-0.39, 0.29) is 5.84 Å². The Hall–Kier alpha value is -1.30. The molecule has 20 heavy (non-hydrogen) atoms. The molecule has 2 rings (SSSR count). The Balaban J connectivity index is 2.07. The minimum atomic E-state index is 0.0756. The molecular formula is C14H21ClN4O. The lowest BCUT2D eigenvalue weighted by molar-refractivity contribution is 0.100. The van der Waals surface area contributed by atoms with E-state index in [0.717, 1.165) is 31.7 Å². The van der Waals surface area contributed by atoms with Crippen LogP contribution >= 0.6 is 11.6 Å². The minimum absolute atomic E-state index is 0.0756. The molecule has 6 heteroatoms. The maximum Gasteiger partial charge on any atom is 0.170 e. The molecule has 1 aromatic carbocycles. The number of halogens is 1. The molecule has 1 heterocycles. The molecule has 1 aromatic rings. The highest BCUT2D eigenvalue weighted by Crippen LogP contribution is 2.21. The first-order valence-electron chi connectivity index (χ1n) is 6.70. The predicted octanol–water partition coefficient (Wildman–Crippen LogP) is 1.57.